The topological polar surface area (TPSA) is 32.8 Å². The molecule has 0 saturated carbocycles. The molecule has 10 radical (unpaired) electrons. The van der Waals surface area contributed by atoms with Crippen molar-refractivity contribution in [3.05, 3.63) is 0 Å². The van der Waals surface area contributed by atoms with Crippen molar-refractivity contribution in [2.75, 3.05) is 13.1 Å². The van der Waals surface area contributed by atoms with Gasteiger partial charge >= 0.3 is 18.4 Å². The lowest BCUT2D eigenvalue weighted by molar-refractivity contribution is -0.331. The fourth-order valence-electron chi connectivity index (χ4n) is 2.47. The Hall–Kier alpha value is -0.865. The van der Waals surface area contributed by atoms with E-state index < -0.39 is 40.2 Å². The van der Waals surface area contributed by atoms with Crippen LogP contribution in [0.3, 0.4) is 0 Å². The van der Waals surface area contributed by atoms with Gasteiger partial charge in [-0.3, -0.25) is 4.90 Å². The van der Waals surface area contributed by atoms with E-state index in [-0.39, 0.29) is 18.0 Å². The largest absolute Gasteiger partial charge is 0.434 e. The van der Waals surface area contributed by atoms with Crippen molar-refractivity contribution in [2.24, 2.45) is 0 Å². The Morgan fingerprint density at radius 1 is 0.889 bits per heavy atom. The number of nitrogens with zero attached hydrogens (tertiary/aromatic N) is 2. The van der Waals surface area contributed by atoms with Crippen LogP contribution in [0.1, 0.15) is 20.8 Å². The van der Waals surface area contributed by atoms with Crippen LogP contribution in [0.5, 0.6) is 0 Å². The minimum absolute atomic E-state index is 0.0152. The molecule has 15 heteroatoms. The first-order valence-corrected chi connectivity index (χ1v) is 7.42. The fraction of sp³-hybridized carbons (Fsp3) is 0.917. The van der Waals surface area contributed by atoms with Crippen molar-refractivity contribution in [3.8, 4) is 0 Å². The Labute approximate surface area is 159 Å². The lowest BCUT2D eigenvalue weighted by Gasteiger charge is -2.60. The molecule has 0 aromatic heterocycles. The molecule has 27 heavy (non-hydrogen) atoms. The second-order valence-corrected chi connectivity index (χ2v) is 7.44. The van der Waals surface area contributed by atoms with Crippen molar-refractivity contribution in [3.63, 3.8) is 0 Å². The minimum atomic E-state index is -6.19. The highest BCUT2D eigenvalue weighted by molar-refractivity contribution is 6.46. The first-order valence-electron chi connectivity index (χ1n) is 7.42. The van der Waals surface area contributed by atoms with E-state index in [0.29, 0.717) is 0 Å². The van der Waals surface area contributed by atoms with Gasteiger partial charge in [-0.05, 0) is 31.4 Å². The van der Waals surface area contributed by atoms with Gasteiger partial charge in [0.1, 0.15) is 0 Å². The zero-order valence-corrected chi connectivity index (χ0v) is 14.8. The third-order valence-electron chi connectivity index (χ3n) is 3.94. The van der Waals surface area contributed by atoms with Crippen LogP contribution in [0.4, 0.5) is 31.1 Å². The van der Waals surface area contributed by atoms with E-state index in [9.17, 15) is 31.1 Å². The molecule has 1 amide bonds. The van der Waals surface area contributed by atoms with Crippen LogP contribution < -0.4 is 0 Å². The second-order valence-electron chi connectivity index (χ2n) is 7.44. The Morgan fingerprint density at radius 2 is 1.22 bits per heavy atom. The predicted octanol–water partition coefficient (Wildman–Crippen LogP) is 0.510. The van der Waals surface area contributed by atoms with Crippen LogP contribution in [0.2, 0.25) is 0 Å². The number of amides is 1. The molecule has 0 aromatic rings. The van der Waals surface area contributed by atoms with Gasteiger partial charge in [0.05, 0.1) is 31.4 Å². The number of carbonyl (C=O) groups excluding carboxylic acids is 1. The molecule has 0 aromatic carbocycles. The van der Waals surface area contributed by atoms with Gasteiger partial charge in [-0.2, -0.15) is 26.3 Å². The van der Waals surface area contributed by atoms with Crippen LogP contribution in [0.15, 0.2) is 0 Å². The zero-order chi connectivity index (χ0) is 21.9. The molecule has 0 spiro atoms. The number of ether oxygens (including phenoxy) is 1. The molecule has 140 valence electrons. The highest BCUT2D eigenvalue weighted by Crippen LogP contribution is 2.44. The third-order valence-corrected chi connectivity index (χ3v) is 3.94. The standard InChI is InChI=1S/C12H13B5F6N2O2/c1-7(2,3)24-4-8(13,14)25(9(15,16)5-24)6(26)27-10(17,11(18,19)20)12(21,22)23/h4-5H2,1-3H3. The summed E-state index contributed by atoms with van der Waals surface area (Å²) in [6.45, 7) is 4.34. The summed E-state index contributed by atoms with van der Waals surface area (Å²) >= 11 is 0. The monoisotopic (exact) mass is 386 g/mol. The number of rotatable bonds is 1. The Balaban J connectivity index is 3.30. The van der Waals surface area contributed by atoms with Gasteiger partial charge in [0.2, 0.25) is 0 Å². The molecule has 0 unspecified atom stereocenters. The predicted molar refractivity (Wildman–Crippen MR) is 88.7 cm³/mol. The summed E-state index contributed by atoms with van der Waals surface area (Å²) in [5.41, 5.74) is -5.95. The second kappa shape index (κ2) is 6.59. The highest BCUT2D eigenvalue weighted by Gasteiger charge is 2.70. The summed E-state index contributed by atoms with van der Waals surface area (Å²) in [6, 6.07) is 0. The van der Waals surface area contributed by atoms with Crippen LogP contribution in [-0.2, 0) is 4.74 Å². The van der Waals surface area contributed by atoms with E-state index in [4.69, 9.17) is 31.4 Å². The number of alkyl halides is 6. The summed E-state index contributed by atoms with van der Waals surface area (Å²) in [5, 5.41) is -4.71. The Bertz CT molecular complexity index is 558. The van der Waals surface area contributed by atoms with Crippen molar-refractivity contribution in [2.45, 2.75) is 54.8 Å². The number of halogens is 6. The van der Waals surface area contributed by atoms with Crippen molar-refractivity contribution in [1.29, 1.82) is 0 Å². The summed E-state index contributed by atoms with van der Waals surface area (Å²) in [7, 11) is 27.2. The molecule has 1 fully saturated rings. The van der Waals surface area contributed by atoms with E-state index in [1.165, 1.54) is 4.90 Å². The fourth-order valence-corrected chi connectivity index (χ4v) is 2.47. The first-order chi connectivity index (χ1) is 11.6. The molecule has 0 aliphatic carbocycles. The van der Waals surface area contributed by atoms with Gasteiger partial charge in [-0.1, -0.05) is 0 Å². The van der Waals surface area contributed by atoms with Crippen LogP contribution in [0, 0.1) is 0 Å². The Morgan fingerprint density at radius 3 is 1.48 bits per heavy atom. The number of carbonyl (C=O) groups is 1. The van der Waals surface area contributed by atoms with Gasteiger partial charge in [0.25, 0.3) is 5.50 Å². The van der Waals surface area contributed by atoms with E-state index in [1.54, 1.807) is 20.8 Å². The quantitative estimate of drug-likeness (QED) is 0.487. The van der Waals surface area contributed by atoms with Crippen molar-refractivity contribution >= 4 is 45.3 Å². The van der Waals surface area contributed by atoms with Crippen LogP contribution in [0.25, 0.3) is 0 Å². The van der Waals surface area contributed by atoms with Gasteiger partial charge in [0, 0.05) is 18.6 Å². The average Bonchev–Trinajstić information content (AvgIpc) is 2.31. The van der Waals surface area contributed by atoms with Gasteiger partial charge in [-0.15, -0.1) is 0 Å². The molecule has 4 nitrogen and oxygen atoms in total. The van der Waals surface area contributed by atoms with Gasteiger partial charge in [-0.25, -0.2) is 4.79 Å². The number of hydrogen-bond acceptors (Lipinski definition) is 3. The first kappa shape index (κ1) is 24.2. The lowest BCUT2D eigenvalue weighted by Crippen LogP contribution is -2.78. The van der Waals surface area contributed by atoms with E-state index in [1.807, 2.05) is 0 Å². The molecular formula is C12H13B5F6N2O2. The summed E-state index contributed by atoms with van der Waals surface area (Å²) < 4.78 is 80.7. The number of hydrogen-bond donors (Lipinski definition) is 0. The normalized spacial score (nSPS) is 21.7. The van der Waals surface area contributed by atoms with Crippen molar-refractivity contribution < 1.29 is 35.9 Å². The lowest BCUT2D eigenvalue weighted by atomic mass is 9.50. The molecule has 1 rings (SSSR count). The molecule has 0 bridgehead atoms. The molecule has 1 saturated heterocycles. The van der Waals surface area contributed by atoms with E-state index in [0.717, 1.165) is 0 Å². The highest BCUT2D eigenvalue weighted by atomic mass is 19.4. The smallest absolute Gasteiger partial charge is 0.427 e. The van der Waals surface area contributed by atoms with Gasteiger partial charge < -0.3 is 9.64 Å². The molecule has 0 atom stereocenters. The van der Waals surface area contributed by atoms with Crippen molar-refractivity contribution in [1.82, 2.24) is 9.80 Å². The zero-order valence-electron chi connectivity index (χ0n) is 14.8. The SMILES string of the molecule is [B]C1([B])CN(C(C)(C)C)CC([B])([B])N1C(=O)OC([B])(C(F)(F)F)C(F)(F)F. The van der Waals surface area contributed by atoms with E-state index in [2.05, 4.69) is 12.6 Å². The van der Waals surface area contributed by atoms with Crippen LogP contribution >= 0.6 is 0 Å². The molecule has 0 N–H and O–H groups in total. The summed E-state index contributed by atoms with van der Waals surface area (Å²) in [6.07, 6.45) is -14.6. The average molecular weight is 385 g/mol. The summed E-state index contributed by atoms with van der Waals surface area (Å²) in [5.74, 6) is 0. The molecular weight excluding hydrogens is 372 g/mol. The maximum atomic E-state index is 12.9. The maximum Gasteiger partial charge on any atom is 0.427 e. The number of piperazine rings is 1. The van der Waals surface area contributed by atoms with E-state index >= 15 is 0 Å². The minimum Gasteiger partial charge on any atom is -0.434 e. The Kier molecular flexibility index (Phi) is 5.90. The van der Waals surface area contributed by atoms with Gasteiger partial charge in [0.15, 0.2) is 7.85 Å². The third kappa shape index (κ3) is 4.59. The molecule has 1 aliphatic rings. The molecule has 1 heterocycles. The summed E-state index contributed by atoms with van der Waals surface area (Å²) in [4.78, 5) is 13.7. The molecule has 1 aliphatic heterocycles. The van der Waals surface area contributed by atoms with Crippen LogP contribution in [-0.4, -0.2) is 102 Å². The maximum absolute atomic E-state index is 12.9.